The SMILES string of the molecule is CCS(=O)(=O)c1ccccc1NC(=O)c1cc2c(F)cccc2s1. The van der Waals surface area contributed by atoms with Crippen molar-refractivity contribution in [1.29, 1.82) is 0 Å². The summed E-state index contributed by atoms with van der Waals surface area (Å²) in [5, 5.41) is 2.99. The third-order valence-corrected chi connectivity index (χ3v) is 6.47. The van der Waals surface area contributed by atoms with Crippen LogP contribution >= 0.6 is 11.3 Å². The minimum absolute atomic E-state index is 0.0615. The summed E-state index contributed by atoms with van der Waals surface area (Å²) in [5.41, 5.74) is 0.224. The smallest absolute Gasteiger partial charge is 0.265 e. The third-order valence-electron chi connectivity index (χ3n) is 3.58. The monoisotopic (exact) mass is 363 g/mol. The molecule has 3 rings (SSSR count). The Kier molecular flexibility index (Phi) is 4.38. The van der Waals surface area contributed by atoms with E-state index in [1.807, 2.05) is 0 Å². The Morgan fingerprint density at radius 2 is 1.92 bits per heavy atom. The van der Waals surface area contributed by atoms with Crippen LogP contribution < -0.4 is 5.32 Å². The molecule has 3 aromatic rings. The zero-order valence-electron chi connectivity index (χ0n) is 12.7. The van der Waals surface area contributed by atoms with Crippen molar-refractivity contribution in [2.45, 2.75) is 11.8 Å². The van der Waals surface area contributed by atoms with Crippen molar-refractivity contribution in [2.75, 3.05) is 11.1 Å². The largest absolute Gasteiger partial charge is 0.320 e. The minimum atomic E-state index is -3.46. The fraction of sp³-hybridized carbons (Fsp3) is 0.118. The summed E-state index contributed by atoms with van der Waals surface area (Å²) in [6.07, 6.45) is 0. The first-order chi connectivity index (χ1) is 11.4. The van der Waals surface area contributed by atoms with Gasteiger partial charge in [0.05, 0.1) is 21.2 Å². The molecule has 2 aromatic carbocycles. The quantitative estimate of drug-likeness (QED) is 0.759. The van der Waals surface area contributed by atoms with E-state index in [9.17, 15) is 17.6 Å². The van der Waals surface area contributed by atoms with Crippen molar-refractivity contribution in [3.05, 3.63) is 59.2 Å². The van der Waals surface area contributed by atoms with Crippen LogP contribution in [0, 0.1) is 5.82 Å². The average Bonchev–Trinajstić information content (AvgIpc) is 3.01. The van der Waals surface area contributed by atoms with E-state index in [4.69, 9.17) is 0 Å². The lowest BCUT2D eigenvalue weighted by Crippen LogP contribution is -2.14. The van der Waals surface area contributed by atoms with Gasteiger partial charge in [-0.3, -0.25) is 4.79 Å². The number of halogens is 1. The summed E-state index contributed by atoms with van der Waals surface area (Å²) in [5.74, 6) is -0.917. The average molecular weight is 363 g/mol. The van der Waals surface area contributed by atoms with Crippen molar-refractivity contribution in [3.8, 4) is 0 Å². The second-order valence-electron chi connectivity index (χ2n) is 5.12. The topological polar surface area (TPSA) is 63.2 Å². The van der Waals surface area contributed by atoms with E-state index >= 15 is 0 Å². The Morgan fingerprint density at radius 1 is 1.17 bits per heavy atom. The van der Waals surface area contributed by atoms with Gasteiger partial charge in [-0.1, -0.05) is 25.1 Å². The van der Waals surface area contributed by atoms with Crippen LogP contribution in [0.5, 0.6) is 0 Å². The summed E-state index contributed by atoms with van der Waals surface area (Å²) in [6, 6.07) is 12.4. The number of fused-ring (bicyclic) bond motifs is 1. The number of hydrogen-bond donors (Lipinski definition) is 1. The van der Waals surface area contributed by atoms with E-state index in [0.29, 0.717) is 15.0 Å². The van der Waals surface area contributed by atoms with Crippen LogP contribution in [-0.4, -0.2) is 20.1 Å². The van der Waals surface area contributed by atoms with E-state index in [2.05, 4.69) is 5.32 Å². The molecule has 24 heavy (non-hydrogen) atoms. The van der Waals surface area contributed by atoms with Crippen LogP contribution in [0.1, 0.15) is 16.6 Å². The van der Waals surface area contributed by atoms with Crippen LogP contribution in [-0.2, 0) is 9.84 Å². The lowest BCUT2D eigenvalue weighted by Gasteiger charge is -2.09. The Labute approximate surface area is 142 Å². The molecule has 0 atom stereocenters. The lowest BCUT2D eigenvalue weighted by atomic mass is 10.2. The second kappa shape index (κ2) is 6.33. The molecule has 0 aliphatic carbocycles. The van der Waals surface area contributed by atoms with Gasteiger partial charge in [-0.05, 0) is 30.3 Å². The highest BCUT2D eigenvalue weighted by atomic mass is 32.2. The molecular weight excluding hydrogens is 349 g/mol. The van der Waals surface area contributed by atoms with Crippen molar-refractivity contribution in [2.24, 2.45) is 0 Å². The Bertz CT molecular complexity index is 1030. The number of amides is 1. The third kappa shape index (κ3) is 3.05. The van der Waals surface area contributed by atoms with Gasteiger partial charge in [0.15, 0.2) is 9.84 Å². The molecule has 4 nitrogen and oxygen atoms in total. The number of hydrogen-bond acceptors (Lipinski definition) is 4. The minimum Gasteiger partial charge on any atom is -0.320 e. The van der Waals surface area contributed by atoms with Crippen LogP contribution in [0.25, 0.3) is 10.1 Å². The molecule has 1 heterocycles. The maximum Gasteiger partial charge on any atom is 0.265 e. The number of rotatable bonds is 4. The maximum absolute atomic E-state index is 13.8. The van der Waals surface area contributed by atoms with Gasteiger partial charge >= 0.3 is 0 Å². The normalized spacial score (nSPS) is 11.6. The van der Waals surface area contributed by atoms with E-state index in [0.717, 1.165) is 11.3 Å². The van der Waals surface area contributed by atoms with Gasteiger partial charge in [0.25, 0.3) is 5.91 Å². The highest BCUT2D eigenvalue weighted by molar-refractivity contribution is 7.91. The van der Waals surface area contributed by atoms with Crippen LogP contribution in [0.4, 0.5) is 10.1 Å². The van der Waals surface area contributed by atoms with Crippen molar-refractivity contribution in [3.63, 3.8) is 0 Å². The standard InChI is InChI=1S/C17H14FNO3S2/c1-2-24(21,22)16-9-4-3-7-13(16)19-17(20)15-10-11-12(18)6-5-8-14(11)23-15/h3-10H,2H2,1H3,(H,19,20). The molecule has 1 aromatic heterocycles. The second-order valence-corrected chi connectivity index (χ2v) is 8.45. The van der Waals surface area contributed by atoms with Crippen molar-refractivity contribution < 1.29 is 17.6 Å². The van der Waals surface area contributed by atoms with Crippen LogP contribution in [0.3, 0.4) is 0 Å². The van der Waals surface area contributed by atoms with Crippen molar-refractivity contribution in [1.82, 2.24) is 0 Å². The summed E-state index contributed by atoms with van der Waals surface area (Å²) < 4.78 is 38.7. The molecule has 0 spiro atoms. The molecule has 0 aliphatic rings. The predicted octanol–water partition coefficient (Wildman–Crippen LogP) is 4.09. The summed E-state index contributed by atoms with van der Waals surface area (Å²) in [6.45, 7) is 1.54. The van der Waals surface area contributed by atoms with Gasteiger partial charge < -0.3 is 5.32 Å². The first-order valence-electron chi connectivity index (χ1n) is 7.23. The summed E-state index contributed by atoms with van der Waals surface area (Å²) in [7, 11) is -3.46. The fourth-order valence-corrected chi connectivity index (χ4v) is 4.34. The molecule has 0 aliphatic heterocycles. The van der Waals surface area contributed by atoms with E-state index in [1.165, 1.54) is 24.3 Å². The first-order valence-corrected chi connectivity index (χ1v) is 9.70. The molecule has 7 heteroatoms. The zero-order valence-corrected chi connectivity index (χ0v) is 14.4. The summed E-state index contributed by atoms with van der Waals surface area (Å²) >= 11 is 1.16. The van der Waals surface area contributed by atoms with Crippen LogP contribution in [0.2, 0.25) is 0 Å². The van der Waals surface area contributed by atoms with Crippen LogP contribution in [0.15, 0.2) is 53.4 Å². The number of benzene rings is 2. The molecule has 0 bridgehead atoms. The number of carbonyl (C=O) groups excluding carboxylic acids is 1. The molecule has 0 radical (unpaired) electrons. The number of nitrogens with one attached hydrogen (secondary N) is 1. The number of carbonyl (C=O) groups is 1. The molecule has 0 fully saturated rings. The summed E-state index contributed by atoms with van der Waals surface area (Å²) in [4.78, 5) is 12.8. The Balaban J connectivity index is 1.97. The molecule has 1 amide bonds. The van der Waals surface area contributed by atoms with E-state index in [1.54, 1.807) is 31.2 Å². The first kappa shape index (κ1) is 16.6. The molecule has 0 saturated carbocycles. The zero-order chi connectivity index (χ0) is 17.3. The molecule has 0 saturated heterocycles. The molecular formula is C17H14FNO3S2. The van der Waals surface area contributed by atoms with Gasteiger partial charge in [-0.25, -0.2) is 12.8 Å². The molecule has 0 unspecified atom stereocenters. The van der Waals surface area contributed by atoms with Gasteiger partial charge in [-0.2, -0.15) is 0 Å². The van der Waals surface area contributed by atoms with E-state index < -0.39 is 21.6 Å². The highest BCUT2D eigenvalue weighted by Crippen LogP contribution is 2.29. The van der Waals surface area contributed by atoms with Gasteiger partial charge in [0.1, 0.15) is 5.82 Å². The Morgan fingerprint density at radius 3 is 2.62 bits per heavy atom. The maximum atomic E-state index is 13.8. The molecule has 1 N–H and O–H groups in total. The van der Waals surface area contributed by atoms with E-state index in [-0.39, 0.29) is 16.3 Å². The van der Waals surface area contributed by atoms with Gasteiger partial charge in [0.2, 0.25) is 0 Å². The number of para-hydroxylation sites is 1. The number of sulfone groups is 1. The number of anilines is 1. The fourth-order valence-electron chi connectivity index (χ4n) is 2.32. The number of thiophene rings is 1. The van der Waals surface area contributed by atoms with Gasteiger partial charge in [-0.15, -0.1) is 11.3 Å². The van der Waals surface area contributed by atoms with Gasteiger partial charge in [0, 0.05) is 10.1 Å². The molecule has 124 valence electrons. The van der Waals surface area contributed by atoms with Crippen molar-refractivity contribution >= 4 is 42.9 Å². The predicted molar refractivity (Wildman–Crippen MR) is 93.9 cm³/mol. The Hall–Kier alpha value is -2.25. The lowest BCUT2D eigenvalue weighted by molar-refractivity contribution is 0.103. The highest BCUT2D eigenvalue weighted by Gasteiger charge is 2.19.